The minimum atomic E-state index is 0.548. The zero-order valence-electron chi connectivity index (χ0n) is 11.4. The Morgan fingerprint density at radius 3 is 3.18 bits per heavy atom. The molecule has 1 N–H and O–H groups in total. The van der Waals surface area contributed by atoms with E-state index in [1.54, 1.807) is 6.20 Å². The second-order valence-corrected chi connectivity index (χ2v) is 6.17. The van der Waals surface area contributed by atoms with E-state index < -0.39 is 0 Å². The Labute approximate surface area is 135 Å². The lowest BCUT2D eigenvalue weighted by Crippen LogP contribution is -2.00. The van der Waals surface area contributed by atoms with Gasteiger partial charge < -0.3 is 9.72 Å². The highest BCUT2D eigenvalue weighted by atomic mass is 35.5. The van der Waals surface area contributed by atoms with Crippen LogP contribution < -0.4 is 4.74 Å². The Hall–Kier alpha value is -2.18. The lowest BCUT2D eigenvalue weighted by molar-refractivity contribution is 0.321. The van der Waals surface area contributed by atoms with E-state index in [0.717, 1.165) is 32.7 Å². The standard InChI is InChI=1S/C15H11ClN4OS/c16-10-1-2-12-11(5-10)9(6-18-12)3-4-21-15-20-13-7-17-8-19-14(13)22-15/h1-2,5-8,18H,3-4H2. The van der Waals surface area contributed by atoms with Gasteiger partial charge in [0.05, 0.1) is 12.8 Å². The predicted octanol–water partition coefficient (Wildman–Crippen LogP) is 3.84. The summed E-state index contributed by atoms with van der Waals surface area (Å²) in [5.41, 5.74) is 3.02. The van der Waals surface area contributed by atoms with E-state index in [4.69, 9.17) is 16.3 Å². The summed E-state index contributed by atoms with van der Waals surface area (Å²) in [6.45, 7) is 0.548. The van der Waals surface area contributed by atoms with Crippen LogP contribution in [0.1, 0.15) is 5.56 Å². The normalized spacial score (nSPS) is 11.3. The molecular weight excluding hydrogens is 320 g/mol. The van der Waals surface area contributed by atoms with Crippen molar-refractivity contribution >= 4 is 44.2 Å². The third kappa shape index (κ3) is 2.51. The molecule has 22 heavy (non-hydrogen) atoms. The largest absolute Gasteiger partial charge is 0.470 e. The fraction of sp³-hybridized carbons (Fsp3) is 0.133. The van der Waals surface area contributed by atoms with Gasteiger partial charge >= 0.3 is 0 Å². The maximum absolute atomic E-state index is 6.06. The van der Waals surface area contributed by atoms with Crippen LogP contribution in [0, 0.1) is 0 Å². The second-order valence-electron chi connectivity index (χ2n) is 4.80. The van der Waals surface area contributed by atoms with Crippen LogP contribution in [0.4, 0.5) is 0 Å². The van der Waals surface area contributed by atoms with Crippen LogP contribution in [0.2, 0.25) is 5.02 Å². The van der Waals surface area contributed by atoms with Crippen molar-refractivity contribution in [2.24, 2.45) is 0 Å². The number of rotatable bonds is 4. The third-order valence-electron chi connectivity index (χ3n) is 3.38. The monoisotopic (exact) mass is 330 g/mol. The van der Waals surface area contributed by atoms with Crippen molar-refractivity contribution in [3.05, 3.63) is 47.5 Å². The smallest absolute Gasteiger partial charge is 0.275 e. The van der Waals surface area contributed by atoms with Gasteiger partial charge in [-0.3, -0.25) is 0 Å². The van der Waals surface area contributed by atoms with E-state index in [2.05, 4.69) is 19.9 Å². The van der Waals surface area contributed by atoms with Crippen molar-refractivity contribution in [1.82, 2.24) is 19.9 Å². The molecule has 3 heterocycles. The van der Waals surface area contributed by atoms with Crippen LogP contribution in [0.5, 0.6) is 5.19 Å². The number of thiazole rings is 1. The van der Waals surface area contributed by atoms with Crippen LogP contribution in [0.25, 0.3) is 21.3 Å². The Balaban J connectivity index is 1.48. The number of nitrogens with one attached hydrogen (secondary N) is 1. The summed E-state index contributed by atoms with van der Waals surface area (Å²) >= 11 is 7.48. The molecule has 0 unspecified atom stereocenters. The van der Waals surface area contributed by atoms with Gasteiger partial charge in [-0.05, 0) is 23.8 Å². The minimum Gasteiger partial charge on any atom is -0.470 e. The Bertz CT molecular complexity index is 916. The summed E-state index contributed by atoms with van der Waals surface area (Å²) in [4.78, 5) is 16.5. The van der Waals surface area contributed by atoms with Gasteiger partial charge in [0.15, 0.2) is 0 Å². The number of hydrogen-bond donors (Lipinski definition) is 1. The molecule has 5 nitrogen and oxygen atoms in total. The van der Waals surface area contributed by atoms with Crippen LogP contribution in [0.15, 0.2) is 36.9 Å². The molecule has 4 aromatic rings. The molecule has 0 bridgehead atoms. The Kier molecular flexibility index (Phi) is 3.40. The molecule has 3 aromatic heterocycles. The molecule has 0 spiro atoms. The van der Waals surface area contributed by atoms with E-state index in [1.165, 1.54) is 23.2 Å². The SMILES string of the molecule is Clc1ccc2[nH]cc(CCOc3nc4cncnc4s3)c2c1. The van der Waals surface area contributed by atoms with Gasteiger partial charge in [0.2, 0.25) is 0 Å². The van der Waals surface area contributed by atoms with Gasteiger partial charge in [0.1, 0.15) is 16.7 Å². The average molecular weight is 331 g/mol. The van der Waals surface area contributed by atoms with Gasteiger partial charge in [-0.1, -0.05) is 22.9 Å². The maximum Gasteiger partial charge on any atom is 0.275 e. The fourth-order valence-corrected chi connectivity index (χ4v) is 3.26. The number of aromatic amines is 1. The Morgan fingerprint density at radius 2 is 2.27 bits per heavy atom. The van der Waals surface area contributed by atoms with Crippen molar-refractivity contribution in [2.75, 3.05) is 6.61 Å². The second kappa shape index (κ2) is 5.55. The molecule has 0 aliphatic carbocycles. The first kappa shape index (κ1) is 13.5. The highest BCUT2D eigenvalue weighted by Crippen LogP contribution is 2.26. The van der Waals surface area contributed by atoms with Crippen molar-refractivity contribution in [3.63, 3.8) is 0 Å². The van der Waals surface area contributed by atoms with Gasteiger partial charge in [-0.2, -0.15) is 4.98 Å². The van der Waals surface area contributed by atoms with Crippen molar-refractivity contribution in [1.29, 1.82) is 0 Å². The van der Waals surface area contributed by atoms with Crippen molar-refractivity contribution in [2.45, 2.75) is 6.42 Å². The summed E-state index contributed by atoms with van der Waals surface area (Å²) in [5, 5.41) is 2.48. The number of nitrogens with zero attached hydrogens (tertiary/aromatic N) is 3. The first-order valence-electron chi connectivity index (χ1n) is 6.74. The fourth-order valence-electron chi connectivity index (χ4n) is 2.34. The van der Waals surface area contributed by atoms with Gasteiger partial charge in [-0.15, -0.1) is 0 Å². The molecule has 0 amide bonds. The molecule has 0 aliphatic heterocycles. The highest BCUT2D eigenvalue weighted by molar-refractivity contribution is 7.19. The first-order valence-corrected chi connectivity index (χ1v) is 7.94. The maximum atomic E-state index is 6.06. The highest BCUT2D eigenvalue weighted by Gasteiger charge is 2.08. The predicted molar refractivity (Wildman–Crippen MR) is 87.7 cm³/mol. The zero-order valence-corrected chi connectivity index (χ0v) is 13.0. The summed E-state index contributed by atoms with van der Waals surface area (Å²) < 4.78 is 5.74. The lowest BCUT2D eigenvalue weighted by Gasteiger charge is -2.01. The average Bonchev–Trinajstić information content (AvgIpc) is 3.11. The van der Waals surface area contributed by atoms with E-state index in [1.807, 2.05) is 24.4 Å². The van der Waals surface area contributed by atoms with Crippen molar-refractivity contribution in [3.8, 4) is 5.19 Å². The molecule has 110 valence electrons. The van der Waals surface area contributed by atoms with Gasteiger partial charge in [0.25, 0.3) is 5.19 Å². The molecule has 0 saturated carbocycles. The molecule has 0 aliphatic rings. The summed E-state index contributed by atoms with van der Waals surface area (Å²) in [6.07, 6.45) is 5.98. The molecule has 0 atom stereocenters. The lowest BCUT2D eigenvalue weighted by atomic mass is 10.1. The number of ether oxygens (including phenoxy) is 1. The molecule has 7 heteroatoms. The topological polar surface area (TPSA) is 63.7 Å². The third-order valence-corrected chi connectivity index (χ3v) is 4.51. The van der Waals surface area contributed by atoms with E-state index in [0.29, 0.717) is 11.8 Å². The summed E-state index contributed by atoms with van der Waals surface area (Å²) in [6, 6.07) is 5.83. The number of fused-ring (bicyclic) bond motifs is 2. The number of aromatic nitrogens is 4. The van der Waals surface area contributed by atoms with Crippen LogP contribution in [0.3, 0.4) is 0 Å². The molecule has 0 fully saturated rings. The van der Waals surface area contributed by atoms with Gasteiger partial charge in [0, 0.05) is 28.5 Å². The van der Waals surface area contributed by atoms with E-state index in [9.17, 15) is 0 Å². The molecule has 0 radical (unpaired) electrons. The number of halogens is 1. The Morgan fingerprint density at radius 1 is 1.32 bits per heavy atom. The van der Waals surface area contributed by atoms with E-state index >= 15 is 0 Å². The van der Waals surface area contributed by atoms with Gasteiger partial charge in [-0.25, -0.2) is 9.97 Å². The summed E-state index contributed by atoms with van der Waals surface area (Å²) in [7, 11) is 0. The number of hydrogen-bond acceptors (Lipinski definition) is 5. The molecule has 4 rings (SSSR count). The van der Waals surface area contributed by atoms with Crippen molar-refractivity contribution < 1.29 is 4.74 Å². The molecule has 0 saturated heterocycles. The molecule has 1 aromatic carbocycles. The van der Waals surface area contributed by atoms with Crippen LogP contribution in [-0.4, -0.2) is 26.5 Å². The van der Waals surface area contributed by atoms with E-state index in [-0.39, 0.29) is 0 Å². The molecular formula is C15H11ClN4OS. The van der Waals surface area contributed by atoms with Crippen LogP contribution in [-0.2, 0) is 6.42 Å². The zero-order chi connectivity index (χ0) is 14.9. The summed E-state index contributed by atoms with van der Waals surface area (Å²) in [5.74, 6) is 0. The quantitative estimate of drug-likeness (QED) is 0.617. The number of H-pyrrole nitrogens is 1. The minimum absolute atomic E-state index is 0.548. The van der Waals surface area contributed by atoms with Crippen LogP contribution >= 0.6 is 22.9 Å². The first-order chi connectivity index (χ1) is 10.8. The number of benzene rings is 1.